The first-order valence-corrected chi connectivity index (χ1v) is 11.3. The highest BCUT2D eigenvalue weighted by molar-refractivity contribution is 7.89. The third-order valence-electron chi connectivity index (χ3n) is 5.34. The second-order valence-corrected chi connectivity index (χ2v) is 9.27. The molecule has 1 aliphatic rings. The minimum atomic E-state index is -3.88. The molecule has 1 amide bonds. The zero-order valence-corrected chi connectivity index (χ0v) is 17.6. The Labute approximate surface area is 171 Å². The number of nitrogens with zero attached hydrogens (tertiary/aromatic N) is 3. The highest BCUT2D eigenvalue weighted by atomic mass is 32.2. The lowest BCUT2D eigenvalue weighted by molar-refractivity contribution is -0.119. The van der Waals surface area contributed by atoms with E-state index in [1.807, 2.05) is 37.3 Å². The molecule has 0 N–H and O–H groups in total. The molecular weight excluding hydrogens is 390 g/mol. The lowest BCUT2D eigenvalue weighted by Gasteiger charge is -2.29. The van der Waals surface area contributed by atoms with Crippen LogP contribution < -0.4 is 10.5 Å². The maximum absolute atomic E-state index is 13.0. The van der Waals surface area contributed by atoms with Crippen LogP contribution in [0.4, 0.5) is 5.69 Å². The SMILES string of the molecule is CCN(C(=O)Cn1cccc(S(=O)(=O)N2CCC(C)CC2)c1=O)c1ccccc1. The topological polar surface area (TPSA) is 79.7 Å². The Morgan fingerprint density at radius 2 is 1.76 bits per heavy atom. The fraction of sp³-hybridized carbons (Fsp3) is 0.429. The predicted molar refractivity (Wildman–Crippen MR) is 112 cm³/mol. The first-order valence-electron chi connectivity index (χ1n) is 9.89. The molecule has 0 atom stereocenters. The standard InChI is InChI=1S/C21H27N3O4S/c1-3-24(18-8-5-4-6-9-18)20(25)16-22-13-7-10-19(21(22)26)29(27,28)23-14-11-17(2)12-15-23/h4-10,13,17H,3,11-12,14-16H2,1-2H3. The maximum Gasteiger partial charge on any atom is 0.271 e. The zero-order chi connectivity index (χ0) is 21.0. The largest absolute Gasteiger partial charge is 0.311 e. The van der Waals surface area contributed by atoms with E-state index >= 15 is 0 Å². The van der Waals surface area contributed by atoms with Gasteiger partial charge in [0, 0.05) is 31.5 Å². The highest BCUT2D eigenvalue weighted by Gasteiger charge is 2.30. The van der Waals surface area contributed by atoms with Crippen molar-refractivity contribution in [3.8, 4) is 0 Å². The number of amides is 1. The van der Waals surface area contributed by atoms with Crippen LogP contribution in [0.2, 0.25) is 0 Å². The van der Waals surface area contributed by atoms with Crippen LogP contribution in [0.5, 0.6) is 0 Å². The number of hydrogen-bond acceptors (Lipinski definition) is 4. The van der Waals surface area contributed by atoms with E-state index in [1.165, 1.54) is 27.2 Å². The molecule has 0 bridgehead atoms. The Bertz CT molecular complexity index is 1010. The molecular formula is C21H27N3O4S. The molecule has 1 aliphatic heterocycles. The Morgan fingerprint density at radius 3 is 2.38 bits per heavy atom. The molecule has 7 nitrogen and oxygen atoms in total. The second kappa shape index (κ2) is 8.92. The van der Waals surface area contributed by atoms with Crippen molar-refractivity contribution >= 4 is 21.6 Å². The number of hydrogen-bond donors (Lipinski definition) is 0. The monoisotopic (exact) mass is 417 g/mol. The predicted octanol–water partition coefficient (Wildman–Crippen LogP) is 2.32. The Kier molecular flexibility index (Phi) is 6.54. The van der Waals surface area contributed by atoms with Crippen molar-refractivity contribution in [3.63, 3.8) is 0 Å². The number of anilines is 1. The van der Waals surface area contributed by atoms with E-state index in [1.54, 1.807) is 4.90 Å². The molecule has 3 rings (SSSR count). The van der Waals surface area contributed by atoms with E-state index < -0.39 is 15.6 Å². The number of rotatable bonds is 6. The number of likely N-dealkylation sites (N-methyl/N-ethyl adjacent to an activating group) is 1. The summed E-state index contributed by atoms with van der Waals surface area (Å²) in [4.78, 5) is 27.0. The number of piperidine rings is 1. The minimum absolute atomic E-state index is 0.220. The molecule has 0 unspecified atom stereocenters. The van der Waals surface area contributed by atoms with Gasteiger partial charge in [-0.15, -0.1) is 0 Å². The van der Waals surface area contributed by atoms with Gasteiger partial charge in [-0.3, -0.25) is 9.59 Å². The summed E-state index contributed by atoms with van der Waals surface area (Å²) in [5, 5.41) is 0. The van der Waals surface area contributed by atoms with Gasteiger partial charge < -0.3 is 9.47 Å². The average Bonchev–Trinajstić information content (AvgIpc) is 2.71. The van der Waals surface area contributed by atoms with Crippen LogP contribution in [0.15, 0.2) is 58.4 Å². The maximum atomic E-state index is 13.0. The lowest BCUT2D eigenvalue weighted by atomic mass is 10.0. The van der Waals surface area contributed by atoms with Gasteiger partial charge in [-0.05, 0) is 49.9 Å². The van der Waals surface area contributed by atoms with Crippen LogP contribution in [0.25, 0.3) is 0 Å². The van der Waals surface area contributed by atoms with E-state index in [2.05, 4.69) is 6.92 Å². The summed E-state index contributed by atoms with van der Waals surface area (Å²) < 4.78 is 28.5. The molecule has 0 aliphatic carbocycles. The summed E-state index contributed by atoms with van der Waals surface area (Å²) >= 11 is 0. The summed E-state index contributed by atoms with van der Waals surface area (Å²) in [5.74, 6) is 0.201. The van der Waals surface area contributed by atoms with Crippen LogP contribution in [-0.2, 0) is 21.4 Å². The molecule has 1 fully saturated rings. The Morgan fingerprint density at radius 1 is 1.10 bits per heavy atom. The molecule has 0 spiro atoms. The van der Waals surface area contributed by atoms with E-state index in [-0.39, 0.29) is 17.3 Å². The number of aromatic nitrogens is 1. The smallest absolute Gasteiger partial charge is 0.271 e. The van der Waals surface area contributed by atoms with Crippen molar-refractivity contribution in [3.05, 3.63) is 59.0 Å². The van der Waals surface area contributed by atoms with Gasteiger partial charge in [0.15, 0.2) is 0 Å². The van der Waals surface area contributed by atoms with Crippen LogP contribution in [-0.4, -0.2) is 42.8 Å². The second-order valence-electron chi connectivity index (χ2n) is 7.37. The van der Waals surface area contributed by atoms with E-state index in [4.69, 9.17) is 0 Å². The average molecular weight is 418 g/mol. The molecule has 0 saturated carbocycles. The van der Waals surface area contributed by atoms with Gasteiger partial charge in [0.05, 0.1) is 0 Å². The van der Waals surface area contributed by atoms with Crippen molar-refractivity contribution in [2.75, 3.05) is 24.5 Å². The third kappa shape index (κ3) is 4.59. The van der Waals surface area contributed by atoms with Gasteiger partial charge in [-0.25, -0.2) is 8.42 Å². The van der Waals surface area contributed by atoms with Gasteiger partial charge in [-0.2, -0.15) is 4.31 Å². The minimum Gasteiger partial charge on any atom is -0.311 e. The molecule has 2 heterocycles. The van der Waals surface area contributed by atoms with Crippen LogP contribution in [0, 0.1) is 5.92 Å². The van der Waals surface area contributed by atoms with Crippen LogP contribution in [0.1, 0.15) is 26.7 Å². The van der Waals surface area contributed by atoms with E-state index in [0.717, 1.165) is 18.5 Å². The third-order valence-corrected chi connectivity index (χ3v) is 7.25. The molecule has 29 heavy (non-hydrogen) atoms. The first-order chi connectivity index (χ1) is 13.8. The van der Waals surface area contributed by atoms with Gasteiger partial charge in [0.1, 0.15) is 11.4 Å². The van der Waals surface area contributed by atoms with Crippen molar-refractivity contribution < 1.29 is 13.2 Å². The fourth-order valence-corrected chi connectivity index (χ4v) is 5.10. The van der Waals surface area contributed by atoms with Crippen LogP contribution in [0.3, 0.4) is 0 Å². The van der Waals surface area contributed by atoms with Crippen molar-refractivity contribution in [1.82, 2.24) is 8.87 Å². The molecule has 1 aromatic carbocycles. The van der Waals surface area contributed by atoms with Crippen LogP contribution >= 0.6 is 0 Å². The van der Waals surface area contributed by atoms with Crippen molar-refractivity contribution in [2.45, 2.75) is 38.1 Å². The summed E-state index contributed by atoms with van der Waals surface area (Å²) in [5.41, 5.74) is 0.0721. The fourth-order valence-electron chi connectivity index (χ4n) is 3.54. The quantitative estimate of drug-likeness (QED) is 0.723. The number of benzene rings is 1. The summed E-state index contributed by atoms with van der Waals surface area (Å²) in [7, 11) is -3.88. The van der Waals surface area contributed by atoms with Gasteiger partial charge in [0.2, 0.25) is 15.9 Å². The number of carbonyl (C=O) groups excluding carboxylic acids is 1. The molecule has 8 heteroatoms. The summed E-state index contributed by atoms with van der Waals surface area (Å²) in [6, 6.07) is 12.0. The normalized spacial score (nSPS) is 15.9. The van der Waals surface area contributed by atoms with Crippen molar-refractivity contribution in [2.24, 2.45) is 5.92 Å². The molecule has 0 radical (unpaired) electrons. The molecule has 2 aromatic rings. The molecule has 1 aromatic heterocycles. The number of pyridine rings is 1. The Balaban J connectivity index is 1.85. The molecule has 156 valence electrons. The van der Waals surface area contributed by atoms with Crippen molar-refractivity contribution in [1.29, 1.82) is 0 Å². The van der Waals surface area contributed by atoms with Gasteiger partial charge >= 0.3 is 0 Å². The summed E-state index contributed by atoms with van der Waals surface area (Å²) in [6.45, 7) is 5.00. The lowest BCUT2D eigenvalue weighted by Crippen LogP contribution is -2.42. The Hall–Kier alpha value is -2.45. The van der Waals surface area contributed by atoms with Gasteiger partial charge in [-0.1, -0.05) is 25.1 Å². The highest BCUT2D eigenvalue weighted by Crippen LogP contribution is 2.22. The van der Waals surface area contributed by atoms with E-state index in [0.29, 0.717) is 25.6 Å². The van der Waals surface area contributed by atoms with Gasteiger partial charge in [0.25, 0.3) is 5.56 Å². The summed E-state index contributed by atoms with van der Waals surface area (Å²) in [6.07, 6.45) is 3.01. The van der Waals surface area contributed by atoms with E-state index in [9.17, 15) is 18.0 Å². The first kappa shape index (κ1) is 21.3. The zero-order valence-electron chi connectivity index (χ0n) is 16.8. The number of carbonyl (C=O) groups is 1. The number of para-hydroxylation sites is 1. The molecule has 1 saturated heterocycles. The number of sulfonamides is 1.